The zero-order valence-electron chi connectivity index (χ0n) is 8.55. The van der Waals surface area contributed by atoms with Crippen molar-refractivity contribution in [3.05, 3.63) is 27.1 Å². The SMILES string of the molecule is CCCCOc1c[nH]c(CO)c(Cl)c1=O. The van der Waals surface area contributed by atoms with Crippen LogP contribution in [0.4, 0.5) is 0 Å². The third kappa shape index (κ3) is 2.97. The van der Waals surface area contributed by atoms with E-state index in [0.29, 0.717) is 12.3 Å². The standard InChI is InChI=1S/C10H14ClNO3/c1-2-3-4-15-8-5-12-7(6-13)9(11)10(8)14/h5,13H,2-4,6H2,1H3,(H,12,14). The molecule has 0 saturated carbocycles. The number of aliphatic hydroxyl groups is 1. The highest BCUT2D eigenvalue weighted by Gasteiger charge is 2.09. The maximum atomic E-state index is 11.6. The number of hydrogen-bond acceptors (Lipinski definition) is 3. The molecular formula is C10H14ClNO3. The quantitative estimate of drug-likeness (QED) is 0.759. The van der Waals surface area contributed by atoms with Crippen molar-refractivity contribution < 1.29 is 9.84 Å². The van der Waals surface area contributed by atoms with Gasteiger partial charge in [0.1, 0.15) is 5.02 Å². The van der Waals surface area contributed by atoms with E-state index in [1.54, 1.807) is 0 Å². The number of hydrogen-bond donors (Lipinski definition) is 2. The van der Waals surface area contributed by atoms with Gasteiger partial charge in [-0.15, -0.1) is 0 Å². The lowest BCUT2D eigenvalue weighted by Gasteiger charge is -2.06. The van der Waals surface area contributed by atoms with Crippen molar-refractivity contribution in [2.75, 3.05) is 6.61 Å². The summed E-state index contributed by atoms with van der Waals surface area (Å²) in [7, 11) is 0. The summed E-state index contributed by atoms with van der Waals surface area (Å²) < 4.78 is 5.25. The van der Waals surface area contributed by atoms with Gasteiger partial charge in [-0.05, 0) is 6.42 Å². The lowest BCUT2D eigenvalue weighted by atomic mass is 10.3. The highest BCUT2D eigenvalue weighted by Crippen LogP contribution is 2.13. The molecule has 1 rings (SSSR count). The third-order valence-electron chi connectivity index (χ3n) is 1.98. The Morgan fingerprint density at radius 1 is 1.60 bits per heavy atom. The van der Waals surface area contributed by atoms with E-state index >= 15 is 0 Å². The van der Waals surface area contributed by atoms with Gasteiger partial charge in [-0.25, -0.2) is 0 Å². The lowest BCUT2D eigenvalue weighted by molar-refractivity contribution is 0.275. The van der Waals surface area contributed by atoms with Crippen LogP contribution in [0.2, 0.25) is 5.02 Å². The molecule has 4 nitrogen and oxygen atoms in total. The van der Waals surface area contributed by atoms with E-state index < -0.39 is 0 Å². The fourth-order valence-corrected chi connectivity index (χ4v) is 1.28. The monoisotopic (exact) mass is 231 g/mol. The Bertz CT molecular complexity index is 375. The predicted octanol–water partition coefficient (Wildman–Crippen LogP) is 1.70. The lowest BCUT2D eigenvalue weighted by Crippen LogP contribution is -2.12. The van der Waals surface area contributed by atoms with Gasteiger partial charge in [-0.1, -0.05) is 24.9 Å². The summed E-state index contributed by atoms with van der Waals surface area (Å²) in [5.74, 6) is 0.200. The first-order valence-corrected chi connectivity index (χ1v) is 5.22. The molecule has 0 aliphatic carbocycles. The van der Waals surface area contributed by atoms with Crippen LogP contribution in [0.1, 0.15) is 25.5 Å². The maximum absolute atomic E-state index is 11.6. The largest absolute Gasteiger partial charge is 0.488 e. The number of pyridine rings is 1. The number of aliphatic hydroxyl groups excluding tert-OH is 1. The van der Waals surface area contributed by atoms with Crippen LogP contribution in [0.15, 0.2) is 11.0 Å². The van der Waals surface area contributed by atoms with Crippen LogP contribution in [0.5, 0.6) is 5.75 Å². The molecule has 0 fully saturated rings. The molecule has 0 atom stereocenters. The van der Waals surface area contributed by atoms with E-state index in [-0.39, 0.29) is 22.8 Å². The summed E-state index contributed by atoms with van der Waals surface area (Å²) >= 11 is 5.73. The van der Waals surface area contributed by atoms with E-state index in [1.807, 2.05) is 6.92 Å². The summed E-state index contributed by atoms with van der Waals surface area (Å²) in [6.07, 6.45) is 3.31. The maximum Gasteiger partial charge on any atom is 0.242 e. The Morgan fingerprint density at radius 3 is 2.93 bits per heavy atom. The van der Waals surface area contributed by atoms with Gasteiger partial charge in [0.25, 0.3) is 0 Å². The first kappa shape index (κ1) is 12.1. The van der Waals surface area contributed by atoms with Crippen molar-refractivity contribution in [1.82, 2.24) is 4.98 Å². The molecule has 0 aliphatic heterocycles. The highest BCUT2D eigenvalue weighted by molar-refractivity contribution is 6.31. The van der Waals surface area contributed by atoms with Gasteiger partial charge >= 0.3 is 0 Å². The summed E-state index contributed by atoms with van der Waals surface area (Å²) in [5.41, 5.74) is -0.0694. The Morgan fingerprint density at radius 2 is 2.33 bits per heavy atom. The van der Waals surface area contributed by atoms with Crippen LogP contribution in [0.25, 0.3) is 0 Å². The number of rotatable bonds is 5. The number of halogens is 1. The number of ether oxygens (including phenoxy) is 1. The average molecular weight is 232 g/mol. The molecule has 0 radical (unpaired) electrons. The van der Waals surface area contributed by atoms with Crippen molar-refractivity contribution in [2.24, 2.45) is 0 Å². The molecule has 84 valence electrons. The molecule has 0 saturated heterocycles. The number of H-pyrrole nitrogens is 1. The molecular weight excluding hydrogens is 218 g/mol. The van der Waals surface area contributed by atoms with E-state index in [4.69, 9.17) is 21.4 Å². The van der Waals surface area contributed by atoms with Gasteiger partial charge in [0.15, 0.2) is 5.75 Å². The predicted molar refractivity (Wildman–Crippen MR) is 58.4 cm³/mol. The highest BCUT2D eigenvalue weighted by atomic mass is 35.5. The van der Waals surface area contributed by atoms with Crippen LogP contribution in [-0.4, -0.2) is 16.7 Å². The van der Waals surface area contributed by atoms with Crippen molar-refractivity contribution >= 4 is 11.6 Å². The average Bonchev–Trinajstić information content (AvgIpc) is 2.25. The summed E-state index contributed by atoms with van der Waals surface area (Å²) in [4.78, 5) is 14.3. The van der Waals surface area contributed by atoms with Crippen LogP contribution >= 0.6 is 11.6 Å². The van der Waals surface area contributed by atoms with E-state index in [1.165, 1.54) is 6.20 Å². The molecule has 1 aromatic heterocycles. The summed E-state index contributed by atoms with van der Waals surface area (Å²) in [6.45, 7) is 2.24. The summed E-state index contributed by atoms with van der Waals surface area (Å²) in [5, 5.41) is 8.84. The Balaban J connectivity index is 2.83. The van der Waals surface area contributed by atoms with E-state index in [0.717, 1.165) is 12.8 Å². The zero-order chi connectivity index (χ0) is 11.3. The van der Waals surface area contributed by atoms with Crippen LogP contribution in [-0.2, 0) is 6.61 Å². The smallest absolute Gasteiger partial charge is 0.242 e. The zero-order valence-corrected chi connectivity index (χ0v) is 9.30. The van der Waals surface area contributed by atoms with Gasteiger partial charge in [-0.3, -0.25) is 4.79 Å². The number of unbranched alkanes of at least 4 members (excludes halogenated alkanes) is 1. The van der Waals surface area contributed by atoms with Crippen molar-refractivity contribution in [2.45, 2.75) is 26.4 Å². The third-order valence-corrected chi connectivity index (χ3v) is 2.38. The number of aromatic nitrogens is 1. The van der Waals surface area contributed by atoms with E-state index in [9.17, 15) is 4.79 Å². The van der Waals surface area contributed by atoms with Gasteiger partial charge in [-0.2, -0.15) is 0 Å². The second-order valence-electron chi connectivity index (χ2n) is 3.13. The minimum atomic E-state index is -0.379. The number of nitrogens with one attached hydrogen (secondary N) is 1. The van der Waals surface area contributed by atoms with Crippen LogP contribution in [0.3, 0.4) is 0 Å². The van der Waals surface area contributed by atoms with Crippen molar-refractivity contribution in [3.8, 4) is 5.75 Å². The minimum absolute atomic E-state index is 0.00787. The first-order valence-electron chi connectivity index (χ1n) is 4.84. The molecule has 5 heteroatoms. The molecule has 0 spiro atoms. The molecule has 1 aromatic rings. The van der Waals surface area contributed by atoms with Crippen LogP contribution in [0, 0.1) is 0 Å². The Hall–Kier alpha value is -1.00. The molecule has 0 amide bonds. The normalized spacial score (nSPS) is 10.3. The first-order chi connectivity index (χ1) is 7.20. The molecule has 0 unspecified atom stereocenters. The number of aromatic amines is 1. The van der Waals surface area contributed by atoms with E-state index in [2.05, 4.69) is 4.98 Å². The fraction of sp³-hybridized carbons (Fsp3) is 0.500. The summed E-state index contributed by atoms with van der Waals surface area (Å²) in [6, 6.07) is 0. The van der Waals surface area contributed by atoms with Crippen LogP contribution < -0.4 is 10.2 Å². The molecule has 0 bridgehead atoms. The second kappa shape index (κ2) is 5.78. The molecule has 2 N–H and O–H groups in total. The van der Waals surface area contributed by atoms with Gasteiger partial charge < -0.3 is 14.8 Å². The molecule has 15 heavy (non-hydrogen) atoms. The minimum Gasteiger partial charge on any atom is -0.488 e. The van der Waals surface area contributed by atoms with Crippen molar-refractivity contribution in [1.29, 1.82) is 0 Å². The van der Waals surface area contributed by atoms with Gasteiger partial charge in [0, 0.05) is 6.20 Å². The van der Waals surface area contributed by atoms with Gasteiger partial charge in [0.2, 0.25) is 5.43 Å². The second-order valence-corrected chi connectivity index (χ2v) is 3.51. The molecule has 1 heterocycles. The topological polar surface area (TPSA) is 62.3 Å². The van der Waals surface area contributed by atoms with Gasteiger partial charge in [0.05, 0.1) is 18.9 Å². The molecule has 0 aromatic carbocycles. The fourth-order valence-electron chi connectivity index (χ4n) is 1.08. The van der Waals surface area contributed by atoms with Crippen molar-refractivity contribution in [3.63, 3.8) is 0 Å². The molecule has 0 aliphatic rings. The Kier molecular flexibility index (Phi) is 4.65. The Labute approximate surface area is 92.8 Å².